The van der Waals surface area contributed by atoms with Gasteiger partial charge in [0.1, 0.15) is 0 Å². The number of hydrogen-bond acceptors (Lipinski definition) is 5. The minimum absolute atomic E-state index is 0.236. The molecular formula is C17H24N2O5S. The highest BCUT2D eigenvalue weighted by atomic mass is 32.2. The number of ether oxygens (including phenoxy) is 1. The van der Waals surface area contributed by atoms with Crippen LogP contribution in [0, 0.1) is 19.8 Å². The highest BCUT2D eigenvalue weighted by Gasteiger charge is 2.33. The normalized spacial score (nSPS) is 17.9. The zero-order valence-corrected chi connectivity index (χ0v) is 15.5. The van der Waals surface area contributed by atoms with Gasteiger partial charge in [-0.05, 0) is 56.9 Å². The van der Waals surface area contributed by atoms with Crippen molar-refractivity contribution in [1.29, 1.82) is 0 Å². The van der Waals surface area contributed by atoms with Gasteiger partial charge in [-0.2, -0.15) is 4.31 Å². The molecule has 0 saturated carbocycles. The molecule has 1 heterocycles. The number of aryl methyl sites for hydroxylation is 2. The van der Waals surface area contributed by atoms with Gasteiger partial charge >= 0.3 is 5.97 Å². The molecule has 1 saturated heterocycles. The summed E-state index contributed by atoms with van der Waals surface area (Å²) >= 11 is 0. The maximum Gasteiger partial charge on any atom is 0.309 e. The van der Waals surface area contributed by atoms with E-state index in [0.29, 0.717) is 12.8 Å². The van der Waals surface area contributed by atoms with E-state index < -0.39 is 33.9 Å². The Balaban J connectivity index is 2.02. The van der Waals surface area contributed by atoms with Gasteiger partial charge in [-0.15, -0.1) is 0 Å². The molecule has 0 bridgehead atoms. The van der Waals surface area contributed by atoms with Gasteiger partial charge in [0.05, 0.1) is 10.8 Å². The number of carbonyl (C=O) groups is 2. The maximum atomic E-state index is 12.7. The number of piperidine rings is 1. The molecule has 1 fully saturated rings. The monoisotopic (exact) mass is 368 g/mol. The molecule has 1 aliphatic rings. The molecular weight excluding hydrogens is 344 g/mol. The van der Waals surface area contributed by atoms with E-state index >= 15 is 0 Å². The number of carbonyl (C=O) groups excluding carboxylic acids is 2. The highest BCUT2D eigenvalue weighted by Crippen LogP contribution is 2.26. The van der Waals surface area contributed by atoms with E-state index in [1.807, 2.05) is 13.8 Å². The van der Waals surface area contributed by atoms with Gasteiger partial charge < -0.3 is 10.5 Å². The van der Waals surface area contributed by atoms with E-state index in [2.05, 4.69) is 0 Å². The summed E-state index contributed by atoms with van der Waals surface area (Å²) in [5, 5.41) is 0. The average Bonchev–Trinajstić information content (AvgIpc) is 2.57. The highest BCUT2D eigenvalue weighted by molar-refractivity contribution is 7.89. The molecule has 0 radical (unpaired) electrons. The van der Waals surface area contributed by atoms with Crippen molar-refractivity contribution in [1.82, 2.24) is 4.31 Å². The van der Waals surface area contributed by atoms with E-state index in [-0.39, 0.29) is 18.0 Å². The summed E-state index contributed by atoms with van der Waals surface area (Å²) < 4.78 is 31.9. The minimum atomic E-state index is -3.58. The zero-order chi connectivity index (χ0) is 18.8. The Morgan fingerprint density at radius 2 is 1.80 bits per heavy atom. The van der Waals surface area contributed by atoms with Gasteiger partial charge in [0.15, 0.2) is 6.10 Å². The predicted molar refractivity (Wildman–Crippen MR) is 92.1 cm³/mol. The fourth-order valence-corrected chi connectivity index (χ4v) is 4.24. The van der Waals surface area contributed by atoms with Crippen molar-refractivity contribution in [3.8, 4) is 0 Å². The quantitative estimate of drug-likeness (QED) is 0.784. The van der Waals surface area contributed by atoms with Gasteiger partial charge in [0, 0.05) is 13.1 Å². The van der Waals surface area contributed by atoms with Crippen LogP contribution in [0.4, 0.5) is 0 Å². The van der Waals surface area contributed by atoms with Gasteiger partial charge in [-0.3, -0.25) is 9.59 Å². The Morgan fingerprint density at radius 1 is 1.20 bits per heavy atom. The van der Waals surface area contributed by atoms with Gasteiger partial charge in [0.25, 0.3) is 5.91 Å². The van der Waals surface area contributed by atoms with Crippen molar-refractivity contribution in [2.24, 2.45) is 11.7 Å². The lowest BCUT2D eigenvalue weighted by molar-refractivity contribution is -0.159. The Labute approximate surface area is 148 Å². The molecule has 1 atom stereocenters. The number of esters is 1. The number of nitrogens with zero attached hydrogens (tertiary/aromatic N) is 1. The van der Waals surface area contributed by atoms with E-state index in [1.165, 1.54) is 11.2 Å². The molecule has 8 heteroatoms. The third kappa shape index (κ3) is 4.38. The van der Waals surface area contributed by atoms with E-state index in [1.54, 1.807) is 18.2 Å². The molecule has 0 aliphatic carbocycles. The van der Waals surface area contributed by atoms with Crippen molar-refractivity contribution in [2.45, 2.75) is 44.6 Å². The van der Waals surface area contributed by atoms with Crippen LogP contribution in [0.25, 0.3) is 0 Å². The second kappa shape index (κ2) is 7.53. The van der Waals surface area contributed by atoms with Crippen LogP contribution in [-0.4, -0.2) is 43.8 Å². The number of primary amides is 1. The van der Waals surface area contributed by atoms with Crippen LogP contribution in [0.5, 0.6) is 0 Å². The summed E-state index contributed by atoms with van der Waals surface area (Å²) in [5.74, 6) is -1.63. The summed E-state index contributed by atoms with van der Waals surface area (Å²) in [5.41, 5.74) is 7.02. The van der Waals surface area contributed by atoms with E-state index in [4.69, 9.17) is 10.5 Å². The number of benzene rings is 1. The molecule has 2 N–H and O–H groups in total. The molecule has 2 rings (SSSR count). The van der Waals surface area contributed by atoms with Gasteiger partial charge in [0.2, 0.25) is 10.0 Å². The summed E-state index contributed by atoms with van der Waals surface area (Å²) in [6, 6.07) is 5.06. The first kappa shape index (κ1) is 19.4. The van der Waals surface area contributed by atoms with Crippen LogP contribution in [0.15, 0.2) is 23.1 Å². The van der Waals surface area contributed by atoms with Crippen molar-refractivity contribution in [2.75, 3.05) is 13.1 Å². The number of sulfonamides is 1. The summed E-state index contributed by atoms with van der Waals surface area (Å²) in [6.45, 7) is 5.69. The second-order valence-corrected chi connectivity index (χ2v) is 8.34. The first-order chi connectivity index (χ1) is 11.6. The van der Waals surface area contributed by atoms with Crippen molar-refractivity contribution >= 4 is 21.9 Å². The van der Waals surface area contributed by atoms with E-state index in [0.717, 1.165) is 11.1 Å². The average molecular weight is 368 g/mol. The lowest BCUT2D eigenvalue weighted by Gasteiger charge is -2.30. The maximum absolute atomic E-state index is 12.7. The summed E-state index contributed by atoms with van der Waals surface area (Å²) in [4.78, 5) is 23.3. The van der Waals surface area contributed by atoms with Gasteiger partial charge in [-0.1, -0.05) is 6.07 Å². The fourth-order valence-electron chi connectivity index (χ4n) is 2.68. The molecule has 138 valence electrons. The predicted octanol–water partition coefficient (Wildman–Crippen LogP) is 1.12. The lowest BCUT2D eigenvalue weighted by Crippen LogP contribution is -2.41. The topological polar surface area (TPSA) is 107 Å². The van der Waals surface area contributed by atoms with Crippen molar-refractivity contribution < 1.29 is 22.7 Å². The number of rotatable bonds is 5. The van der Waals surface area contributed by atoms with Crippen LogP contribution in [0.1, 0.15) is 30.9 Å². The van der Waals surface area contributed by atoms with Crippen LogP contribution in [0.3, 0.4) is 0 Å². The Bertz CT molecular complexity index is 767. The Hall–Kier alpha value is -1.93. The largest absolute Gasteiger partial charge is 0.452 e. The molecule has 0 unspecified atom stereocenters. The van der Waals surface area contributed by atoms with Crippen LogP contribution < -0.4 is 5.73 Å². The minimum Gasteiger partial charge on any atom is -0.452 e. The molecule has 1 aromatic rings. The van der Waals surface area contributed by atoms with Gasteiger partial charge in [-0.25, -0.2) is 8.42 Å². The molecule has 1 aromatic carbocycles. The second-order valence-electron chi connectivity index (χ2n) is 6.41. The first-order valence-electron chi connectivity index (χ1n) is 8.20. The number of amides is 1. The Morgan fingerprint density at radius 3 is 2.32 bits per heavy atom. The summed E-state index contributed by atoms with van der Waals surface area (Å²) in [7, 11) is -3.58. The third-order valence-electron chi connectivity index (χ3n) is 4.60. The SMILES string of the molecule is Cc1ccc(S(=O)(=O)N2CCC(C(=O)O[C@H](C)C(N)=O)CC2)cc1C. The zero-order valence-electron chi connectivity index (χ0n) is 14.7. The first-order valence-corrected chi connectivity index (χ1v) is 9.64. The summed E-state index contributed by atoms with van der Waals surface area (Å²) in [6.07, 6.45) is -0.271. The molecule has 0 aromatic heterocycles. The van der Waals surface area contributed by atoms with Crippen LogP contribution in [0.2, 0.25) is 0 Å². The molecule has 1 amide bonds. The molecule has 25 heavy (non-hydrogen) atoms. The van der Waals surface area contributed by atoms with E-state index in [9.17, 15) is 18.0 Å². The number of nitrogens with two attached hydrogens (primary N) is 1. The molecule has 1 aliphatic heterocycles. The van der Waals surface area contributed by atoms with Crippen LogP contribution >= 0.6 is 0 Å². The standard InChI is InChI=1S/C17H24N2O5S/c1-11-4-5-15(10-12(11)2)25(22,23)19-8-6-14(7-9-19)17(21)24-13(3)16(18)20/h4-5,10,13-14H,6-9H2,1-3H3,(H2,18,20)/t13-/m1/s1. The Kier molecular flexibility index (Phi) is 5.84. The smallest absolute Gasteiger partial charge is 0.309 e. The lowest BCUT2D eigenvalue weighted by atomic mass is 9.98. The van der Waals surface area contributed by atoms with Crippen molar-refractivity contribution in [3.63, 3.8) is 0 Å². The fraction of sp³-hybridized carbons (Fsp3) is 0.529. The molecule has 0 spiro atoms. The number of hydrogen-bond donors (Lipinski definition) is 1. The van der Waals surface area contributed by atoms with Crippen molar-refractivity contribution in [3.05, 3.63) is 29.3 Å². The van der Waals surface area contributed by atoms with Crippen LogP contribution in [-0.2, 0) is 24.3 Å². The molecule has 7 nitrogen and oxygen atoms in total. The third-order valence-corrected chi connectivity index (χ3v) is 6.49.